The van der Waals surface area contributed by atoms with Crippen molar-refractivity contribution >= 4 is 39.8 Å². The monoisotopic (exact) mass is 396 g/mol. The maximum atomic E-state index is 12.4. The Bertz CT molecular complexity index is 1100. The van der Waals surface area contributed by atoms with E-state index in [4.69, 9.17) is 16.0 Å². The molecule has 0 aliphatic rings. The van der Waals surface area contributed by atoms with Crippen LogP contribution in [0.25, 0.3) is 21.5 Å². The Labute approximate surface area is 165 Å². The Morgan fingerprint density at radius 2 is 1.96 bits per heavy atom. The fraction of sp³-hybridized carbons (Fsp3) is 0.143. The van der Waals surface area contributed by atoms with Crippen LogP contribution in [0.4, 0.5) is 0 Å². The van der Waals surface area contributed by atoms with Crippen molar-refractivity contribution in [2.75, 3.05) is 6.54 Å². The van der Waals surface area contributed by atoms with Crippen LogP contribution >= 0.6 is 22.9 Å². The third kappa shape index (κ3) is 3.75. The average molecular weight is 397 g/mol. The van der Waals surface area contributed by atoms with Crippen molar-refractivity contribution in [2.45, 2.75) is 13.3 Å². The molecule has 0 fully saturated rings. The molecule has 0 aliphatic heterocycles. The van der Waals surface area contributed by atoms with Crippen molar-refractivity contribution < 1.29 is 9.21 Å². The standard InChI is InChI=1S/C21H17ClN2O2S/c1-13-17-4-2-3-5-18(17)26-19(13)20(25)23-11-10-16-12-27-21(24-16)14-6-8-15(22)9-7-14/h2-9,12H,10-11H2,1H3,(H,23,25). The maximum Gasteiger partial charge on any atom is 0.287 e. The number of carbonyl (C=O) groups excluding carboxylic acids is 1. The number of furan rings is 1. The zero-order chi connectivity index (χ0) is 18.8. The molecule has 136 valence electrons. The number of halogens is 1. The van der Waals surface area contributed by atoms with Gasteiger partial charge in [0.05, 0.1) is 5.69 Å². The minimum atomic E-state index is -0.197. The van der Waals surface area contributed by atoms with E-state index in [0.29, 0.717) is 23.7 Å². The number of para-hydroxylation sites is 1. The minimum Gasteiger partial charge on any atom is -0.451 e. The quantitative estimate of drug-likeness (QED) is 0.485. The number of carbonyl (C=O) groups is 1. The summed E-state index contributed by atoms with van der Waals surface area (Å²) in [5.41, 5.74) is 3.58. The minimum absolute atomic E-state index is 0.197. The summed E-state index contributed by atoms with van der Waals surface area (Å²) < 4.78 is 5.70. The molecule has 0 atom stereocenters. The first-order valence-electron chi connectivity index (χ1n) is 8.58. The summed E-state index contributed by atoms with van der Waals surface area (Å²) >= 11 is 7.51. The van der Waals surface area contributed by atoms with Crippen LogP contribution in [0, 0.1) is 6.92 Å². The van der Waals surface area contributed by atoms with Crippen LogP contribution in [0.15, 0.2) is 58.3 Å². The Morgan fingerprint density at radius 3 is 2.74 bits per heavy atom. The molecule has 0 saturated carbocycles. The van der Waals surface area contributed by atoms with Crippen molar-refractivity contribution in [3.05, 3.63) is 76.0 Å². The van der Waals surface area contributed by atoms with Crippen molar-refractivity contribution in [2.24, 2.45) is 0 Å². The van der Waals surface area contributed by atoms with Crippen LogP contribution < -0.4 is 5.32 Å². The lowest BCUT2D eigenvalue weighted by Gasteiger charge is -2.02. The average Bonchev–Trinajstić information content (AvgIpc) is 3.28. The summed E-state index contributed by atoms with van der Waals surface area (Å²) in [4.78, 5) is 17.1. The van der Waals surface area contributed by atoms with E-state index in [0.717, 1.165) is 32.8 Å². The highest BCUT2D eigenvalue weighted by Gasteiger charge is 2.17. The van der Waals surface area contributed by atoms with Gasteiger partial charge in [-0.05, 0) is 25.1 Å². The maximum absolute atomic E-state index is 12.4. The number of nitrogens with one attached hydrogen (secondary N) is 1. The summed E-state index contributed by atoms with van der Waals surface area (Å²) in [5, 5.41) is 7.56. The summed E-state index contributed by atoms with van der Waals surface area (Å²) in [5.74, 6) is 0.174. The van der Waals surface area contributed by atoms with Gasteiger partial charge in [-0.1, -0.05) is 41.9 Å². The molecule has 2 aromatic carbocycles. The third-order valence-electron chi connectivity index (χ3n) is 4.36. The van der Waals surface area contributed by atoms with Gasteiger partial charge in [0.2, 0.25) is 0 Å². The highest BCUT2D eigenvalue weighted by molar-refractivity contribution is 7.13. The van der Waals surface area contributed by atoms with Gasteiger partial charge in [-0.2, -0.15) is 0 Å². The molecule has 4 rings (SSSR count). The second kappa shape index (κ2) is 7.55. The van der Waals surface area contributed by atoms with Crippen molar-refractivity contribution in [1.29, 1.82) is 0 Å². The van der Waals surface area contributed by atoms with E-state index in [9.17, 15) is 4.79 Å². The number of hydrogen-bond acceptors (Lipinski definition) is 4. The molecule has 1 N–H and O–H groups in total. The van der Waals surface area contributed by atoms with Gasteiger partial charge in [0.1, 0.15) is 10.6 Å². The fourth-order valence-electron chi connectivity index (χ4n) is 2.92. The number of rotatable bonds is 5. The topological polar surface area (TPSA) is 55.1 Å². The molecule has 0 bridgehead atoms. The van der Waals surface area contributed by atoms with Gasteiger partial charge in [-0.3, -0.25) is 4.79 Å². The van der Waals surface area contributed by atoms with E-state index in [1.165, 1.54) is 0 Å². The van der Waals surface area contributed by atoms with Crippen LogP contribution in [0.3, 0.4) is 0 Å². The van der Waals surface area contributed by atoms with Gasteiger partial charge in [0.25, 0.3) is 5.91 Å². The Balaban J connectivity index is 1.39. The van der Waals surface area contributed by atoms with Crippen molar-refractivity contribution in [1.82, 2.24) is 10.3 Å². The van der Waals surface area contributed by atoms with Gasteiger partial charge >= 0.3 is 0 Å². The van der Waals surface area contributed by atoms with E-state index >= 15 is 0 Å². The number of aryl methyl sites for hydroxylation is 1. The van der Waals surface area contributed by atoms with Gasteiger partial charge in [-0.25, -0.2) is 4.98 Å². The molecular weight excluding hydrogens is 380 g/mol. The normalized spacial score (nSPS) is 11.0. The zero-order valence-electron chi connectivity index (χ0n) is 14.7. The highest BCUT2D eigenvalue weighted by Crippen LogP contribution is 2.26. The predicted octanol–water partition coefficient (Wildman–Crippen LogP) is 5.49. The number of hydrogen-bond donors (Lipinski definition) is 1. The molecule has 0 radical (unpaired) electrons. The van der Waals surface area contributed by atoms with E-state index in [1.807, 2.05) is 60.8 Å². The lowest BCUT2D eigenvalue weighted by Crippen LogP contribution is -2.25. The van der Waals surface area contributed by atoms with Crippen LogP contribution in [0.1, 0.15) is 21.8 Å². The number of fused-ring (bicyclic) bond motifs is 1. The molecule has 0 unspecified atom stereocenters. The highest BCUT2D eigenvalue weighted by atomic mass is 35.5. The molecule has 4 aromatic rings. The second-order valence-corrected chi connectivity index (χ2v) is 7.50. The van der Waals surface area contributed by atoms with Crippen LogP contribution in [0.2, 0.25) is 5.02 Å². The van der Waals surface area contributed by atoms with E-state index in [1.54, 1.807) is 11.3 Å². The van der Waals surface area contributed by atoms with E-state index < -0.39 is 0 Å². The predicted molar refractivity (Wildman–Crippen MR) is 110 cm³/mol. The molecule has 0 spiro atoms. The van der Waals surface area contributed by atoms with Gasteiger partial charge in [-0.15, -0.1) is 11.3 Å². The van der Waals surface area contributed by atoms with Crippen LogP contribution in [0.5, 0.6) is 0 Å². The first-order valence-corrected chi connectivity index (χ1v) is 9.84. The lowest BCUT2D eigenvalue weighted by atomic mass is 10.1. The van der Waals surface area contributed by atoms with Crippen molar-refractivity contribution in [3.8, 4) is 10.6 Å². The SMILES string of the molecule is Cc1c(C(=O)NCCc2csc(-c3ccc(Cl)cc3)n2)oc2ccccc12. The van der Waals surface area contributed by atoms with E-state index in [-0.39, 0.29) is 5.91 Å². The Kier molecular flexibility index (Phi) is 4.97. The Hall–Kier alpha value is -2.63. The fourth-order valence-corrected chi connectivity index (χ4v) is 3.91. The molecule has 2 heterocycles. The summed E-state index contributed by atoms with van der Waals surface area (Å²) in [7, 11) is 0. The molecule has 4 nitrogen and oxygen atoms in total. The molecular formula is C21H17ClN2O2S. The molecule has 0 aliphatic carbocycles. The van der Waals surface area contributed by atoms with Crippen LogP contribution in [-0.2, 0) is 6.42 Å². The smallest absolute Gasteiger partial charge is 0.287 e. The molecule has 27 heavy (non-hydrogen) atoms. The van der Waals surface area contributed by atoms with E-state index in [2.05, 4.69) is 10.3 Å². The number of nitrogens with zero attached hydrogens (tertiary/aromatic N) is 1. The second-order valence-electron chi connectivity index (χ2n) is 6.21. The number of thiazole rings is 1. The third-order valence-corrected chi connectivity index (χ3v) is 5.55. The zero-order valence-corrected chi connectivity index (χ0v) is 16.2. The summed E-state index contributed by atoms with van der Waals surface area (Å²) in [6.07, 6.45) is 0.662. The molecule has 1 amide bonds. The van der Waals surface area contributed by atoms with Crippen molar-refractivity contribution in [3.63, 3.8) is 0 Å². The van der Waals surface area contributed by atoms with Crippen LogP contribution in [-0.4, -0.2) is 17.4 Å². The lowest BCUT2D eigenvalue weighted by molar-refractivity contribution is 0.0927. The molecule has 0 saturated heterocycles. The molecule has 6 heteroatoms. The first-order chi connectivity index (χ1) is 13.1. The van der Waals surface area contributed by atoms with Gasteiger partial charge in [0.15, 0.2) is 5.76 Å². The first kappa shape index (κ1) is 17.8. The summed E-state index contributed by atoms with van der Waals surface area (Å²) in [6.45, 7) is 2.40. The van der Waals surface area contributed by atoms with Gasteiger partial charge < -0.3 is 9.73 Å². The number of amides is 1. The Morgan fingerprint density at radius 1 is 1.19 bits per heavy atom. The van der Waals surface area contributed by atoms with Gasteiger partial charge in [0, 0.05) is 39.9 Å². The number of benzene rings is 2. The number of aromatic nitrogens is 1. The summed E-state index contributed by atoms with van der Waals surface area (Å²) in [6, 6.07) is 15.3. The molecule has 2 aromatic heterocycles. The largest absolute Gasteiger partial charge is 0.451 e.